The molecule has 1 rings (SSSR count). The molecule has 1 aliphatic rings. The van der Waals surface area contributed by atoms with Crippen molar-refractivity contribution in [2.24, 2.45) is 29.4 Å². The average molecular weight is 268 g/mol. The summed E-state index contributed by atoms with van der Waals surface area (Å²) in [5.74, 6) is 2.12. The number of hydrogen-bond donors (Lipinski definition) is 1. The van der Waals surface area contributed by atoms with E-state index in [4.69, 9.17) is 5.73 Å². The van der Waals surface area contributed by atoms with E-state index in [9.17, 15) is 4.79 Å². The van der Waals surface area contributed by atoms with Gasteiger partial charge >= 0.3 is 0 Å². The number of hydrogen-bond acceptors (Lipinski definition) is 2. The van der Waals surface area contributed by atoms with Gasteiger partial charge in [-0.05, 0) is 37.0 Å². The SMILES string of the molecule is CC(C)CN(CC(C)C)C(=O)C1CC(C)CC(N)C1. The zero-order chi connectivity index (χ0) is 14.6. The van der Waals surface area contributed by atoms with Crippen LogP contribution in [0.4, 0.5) is 0 Å². The Morgan fingerprint density at radius 3 is 2.05 bits per heavy atom. The van der Waals surface area contributed by atoms with Crippen LogP contribution >= 0.6 is 0 Å². The smallest absolute Gasteiger partial charge is 0.225 e. The molecule has 0 heterocycles. The van der Waals surface area contributed by atoms with Crippen LogP contribution in [-0.4, -0.2) is 29.9 Å². The summed E-state index contributed by atoms with van der Waals surface area (Å²) in [6.07, 6.45) is 2.95. The van der Waals surface area contributed by atoms with Crippen LogP contribution in [0.2, 0.25) is 0 Å². The second-order valence-electron chi connectivity index (χ2n) is 7.30. The van der Waals surface area contributed by atoms with Crippen LogP contribution in [0.5, 0.6) is 0 Å². The fourth-order valence-corrected chi connectivity index (χ4v) is 3.25. The molecule has 112 valence electrons. The maximum absolute atomic E-state index is 12.7. The van der Waals surface area contributed by atoms with Crippen LogP contribution in [0, 0.1) is 23.7 Å². The summed E-state index contributed by atoms with van der Waals surface area (Å²) < 4.78 is 0. The van der Waals surface area contributed by atoms with E-state index >= 15 is 0 Å². The van der Waals surface area contributed by atoms with Gasteiger partial charge in [0.1, 0.15) is 0 Å². The van der Waals surface area contributed by atoms with Gasteiger partial charge in [-0.2, -0.15) is 0 Å². The van der Waals surface area contributed by atoms with Crippen molar-refractivity contribution in [1.82, 2.24) is 4.90 Å². The highest BCUT2D eigenvalue weighted by Crippen LogP contribution is 2.29. The summed E-state index contributed by atoms with van der Waals surface area (Å²) >= 11 is 0. The minimum Gasteiger partial charge on any atom is -0.342 e. The number of amides is 1. The van der Waals surface area contributed by atoms with Crippen LogP contribution in [0.15, 0.2) is 0 Å². The van der Waals surface area contributed by atoms with E-state index in [-0.39, 0.29) is 12.0 Å². The number of rotatable bonds is 5. The minimum absolute atomic E-state index is 0.149. The summed E-state index contributed by atoms with van der Waals surface area (Å²) in [7, 11) is 0. The van der Waals surface area contributed by atoms with Crippen molar-refractivity contribution in [3.05, 3.63) is 0 Å². The van der Waals surface area contributed by atoms with Gasteiger partial charge < -0.3 is 10.6 Å². The van der Waals surface area contributed by atoms with Crippen molar-refractivity contribution >= 4 is 5.91 Å². The van der Waals surface area contributed by atoms with Gasteiger partial charge in [0, 0.05) is 25.0 Å². The summed E-state index contributed by atoms with van der Waals surface area (Å²) in [6, 6.07) is 0.206. The largest absolute Gasteiger partial charge is 0.342 e. The van der Waals surface area contributed by atoms with Gasteiger partial charge in [0.05, 0.1) is 0 Å². The monoisotopic (exact) mass is 268 g/mol. The summed E-state index contributed by atoms with van der Waals surface area (Å²) in [5.41, 5.74) is 6.09. The molecule has 2 N–H and O–H groups in total. The van der Waals surface area contributed by atoms with Gasteiger partial charge in [-0.15, -0.1) is 0 Å². The number of nitrogens with two attached hydrogens (primary N) is 1. The van der Waals surface area contributed by atoms with E-state index < -0.39 is 0 Å². The highest BCUT2D eigenvalue weighted by Gasteiger charge is 2.32. The third-order valence-corrected chi connectivity index (χ3v) is 3.81. The average Bonchev–Trinajstić information content (AvgIpc) is 2.24. The molecule has 0 bridgehead atoms. The van der Waals surface area contributed by atoms with Crippen molar-refractivity contribution < 1.29 is 4.79 Å². The Morgan fingerprint density at radius 1 is 1.11 bits per heavy atom. The lowest BCUT2D eigenvalue weighted by atomic mass is 9.79. The molecule has 3 atom stereocenters. The van der Waals surface area contributed by atoms with Crippen LogP contribution < -0.4 is 5.73 Å². The lowest BCUT2D eigenvalue weighted by molar-refractivity contribution is -0.138. The lowest BCUT2D eigenvalue weighted by Gasteiger charge is -2.35. The molecule has 0 aromatic rings. The topological polar surface area (TPSA) is 46.3 Å². The minimum atomic E-state index is 0.149. The van der Waals surface area contributed by atoms with Crippen molar-refractivity contribution in [2.45, 2.75) is 59.9 Å². The molecule has 19 heavy (non-hydrogen) atoms. The van der Waals surface area contributed by atoms with Gasteiger partial charge in [0.25, 0.3) is 0 Å². The second-order valence-corrected chi connectivity index (χ2v) is 7.30. The summed E-state index contributed by atoms with van der Waals surface area (Å²) in [5, 5.41) is 0. The predicted octanol–water partition coefficient (Wildman–Crippen LogP) is 2.89. The van der Waals surface area contributed by atoms with Gasteiger partial charge in [-0.1, -0.05) is 34.6 Å². The Hall–Kier alpha value is -0.570. The molecule has 0 saturated heterocycles. The van der Waals surface area contributed by atoms with E-state index in [2.05, 4.69) is 39.5 Å². The fourth-order valence-electron chi connectivity index (χ4n) is 3.25. The fraction of sp³-hybridized carbons (Fsp3) is 0.938. The van der Waals surface area contributed by atoms with E-state index in [1.54, 1.807) is 0 Å². The molecule has 1 saturated carbocycles. The lowest BCUT2D eigenvalue weighted by Crippen LogP contribution is -2.44. The Bertz CT molecular complexity index is 268. The maximum Gasteiger partial charge on any atom is 0.225 e. The molecule has 3 nitrogen and oxygen atoms in total. The van der Waals surface area contributed by atoms with Crippen molar-refractivity contribution in [1.29, 1.82) is 0 Å². The highest BCUT2D eigenvalue weighted by molar-refractivity contribution is 5.79. The second kappa shape index (κ2) is 7.28. The van der Waals surface area contributed by atoms with E-state index in [0.29, 0.717) is 23.7 Å². The molecule has 0 radical (unpaired) electrons. The Morgan fingerprint density at radius 2 is 1.63 bits per heavy atom. The standard InChI is InChI=1S/C16H32N2O/c1-11(2)9-18(10-12(3)4)16(19)14-6-13(5)7-15(17)8-14/h11-15H,6-10,17H2,1-5H3. The molecule has 0 aromatic heterocycles. The first-order chi connectivity index (χ1) is 8.79. The van der Waals surface area contributed by atoms with Gasteiger partial charge in [0.2, 0.25) is 5.91 Å². The summed E-state index contributed by atoms with van der Waals surface area (Å²) in [6.45, 7) is 12.7. The Kier molecular flexibility index (Phi) is 6.31. The molecule has 3 heteroatoms. The quantitative estimate of drug-likeness (QED) is 0.833. The third kappa shape index (κ3) is 5.52. The molecule has 0 aromatic carbocycles. The molecule has 0 spiro atoms. The van der Waals surface area contributed by atoms with Gasteiger partial charge in [-0.3, -0.25) is 4.79 Å². The normalized spacial score (nSPS) is 27.9. The predicted molar refractivity (Wildman–Crippen MR) is 80.7 cm³/mol. The van der Waals surface area contributed by atoms with Crippen LogP contribution in [0.3, 0.4) is 0 Å². The zero-order valence-corrected chi connectivity index (χ0v) is 13.4. The molecule has 1 aliphatic carbocycles. The van der Waals surface area contributed by atoms with Gasteiger partial charge in [-0.25, -0.2) is 0 Å². The van der Waals surface area contributed by atoms with Crippen LogP contribution in [0.25, 0.3) is 0 Å². The first-order valence-electron chi connectivity index (χ1n) is 7.83. The van der Waals surface area contributed by atoms with Crippen LogP contribution in [0.1, 0.15) is 53.9 Å². The molecular weight excluding hydrogens is 236 g/mol. The first-order valence-corrected chi connectivity index (χ1v) is 7.83. The number of carbonyl (C=O) groups is 1. The Balaban J connectivity index is 2.68. The molecule has 3 unspecified atom stereocenters. The molecule has 1 amide bonds. The van der Waals surface area contributed by atoms with E-state index in [0.717, 1.165) is 32.4 Å². The highest BCUT2D eigenvalue weighted by atomic mass is 16.2. The Labute approximate surface area is 118 Å². The van der Waals surface area contributed by atoms with Crippen molar-refractivity contribution in [3.63, 3.8) is 0 Å². The third-order valence-electron chi connectivity index (χ3n) is 3.81. The van der Waals surface area contributed by atoms with Crippen molar-refractivity contribution in [2.75, 3.05) is 13.1 Å². The molecule has 1 fully saturated rings. The molecule has 0 aliphatic heterocycles. The molecular formula is C16H32N2O. The summed E-state index contributed by atoms with van der Waals surface area (Å²) in [4.78, 5) is 14.8. The van der Waals surface area contributed by atoms with E-state index in [1.165, 1.54) is 0 Å². The first kappa shape index (κ1) is 16.5. The zero-order valence-electron chi connectivity index (χ0n) is 13.4. The number of carbonyl (C=O) groups excluding carboxylic acids is 1. The van der Waals surface area contributed by atoms with Crippen molar-refractivity contribution in [3.8, 4) is 0 Å². The maximum atomic E-state index is 12.7. The van der Waals surface area contributed by atoms with Gasteiger partial charge in [0.15, 0.2) is 0 Å². The van der Waals surface area contributed by atoms with E-state index in [1.807, 2.05) is 0 Å². The van der Waals surface area contributed by atoms with Crippen LogP contribution in [-0.2, 0) is 4.79 Å². The number of nitrogens with zero attached hydrogens (tertiary/aromatic N) is 1.